The summed E-state index contributed by atoms with van der Waals surface area (Å²) >= 11 is 0. The first kappa shape index (κ1) is 15.0. The maximum atomic E-state index is 10.5. The largest absolute Gasteiger partial charge is 0.387 e. The Labute approximate surface area is 122 Å². The van der Waals surface area contributed by atoms with Crippen LogP contribution in [-0.4, -0.2) is 30.1 Å². The molecule has 0 aromatic heterocycles. The van der Waals surface area contributed by atoms with Crippen molar-refractivity contribution in [2.45, 2.75) is 26.4 Å². The topological polar surface area (TPSA) is 23.5 Å². The van der Waals surface area contributed by atoms with Crippen LogP contribution >= 0.6 is 0 Å². The highest BCUT2D eigenvalue weighted by molar-refractivity contribution is 5.85. The van der Waals surface area contributed by atoms with Gasteiger partial charge in [-0.3, -0.25) is 0 Å². The molecule has 0 aliphatic heterocycles. The Morgan fingerprint density at radius 2 is 1.75 bits per heavy atom. The molecule has 0 bridgehead atoms. The van der Waals surface area contributed by atoms with Gasteiger partial charge in [-0.05, 0) is 42.3 Å². The number of nitrogens with zero attached hydrogens (tertiary/aromatic N) is 1. The van der Waals surface area contributed by atoms with Crippen LogP contribution in [0.5, 0.6) is 0 Å². The van der Waals surface area contributed by atoms with Gasteiger partial charge in [0.2, 0.25) is 0 Å². The highest BCUT2D eigenvalue weighted by Gasteiger charge is 2.13. The van der Waals surface area contributed by atoms with Crippen LogP contribution in [0, 0.1) is 5.92 Å². The van der Waals surface area contributed by atoms with Crippen molar-refractivity contribution in [3.8, 4) is 0 Å². The van der Waals surface area contributed by atoms with E-state index in [0.717, 1.165) is 17.5 Å². The van der Waals surface area contributed by atoms with Crippen molar-refractivity contribution in [3.05, 3.63) is 48.0 Å². The second kappa shape index (κ2) is 6.87. The summed E-state index contributed by atoms with van der Waals surface area (Å²) in [6, 6.07) is 14.4. The molecule has 0 heterocycles. The molecule has 2 aromatic rings. The van der Waals surface area contributed by atoms with E-state index in [1.54, 1.807) is 0 Å². The van der Waals surface area contributed by atoms with Gasteiger partial charge < -0.3 is 10.0 Å². The number of aliphatic hydroxyl groups is 1. The second-order valence-corrected chi connectivity index (χ2v) is 6.03. The minimum Gasteiger partial charge on any atom is -0.387 e. The van der Waals surface area contributed by atoms with E-state index in [0.29, 0.717) is 12.5 Å². The van der Waals surface area contributed by atoms with Crippen LogP contribution in [0.4, 0.5) is 0 Å². The summed E-state index contributed by atoms with van der Waals surface area (Å²) in [4.78, 5) is 2.21. The van der Waals surface area contributed by atoms with E-state index >= 15 is 0 Å². The molecule has 0 saturated heterocycles. The first-order valence-corrected chi connectivity index (χ1v) is 7.42. The zero-order valence-electron chi connectivity index (χ0n) is 12.7. The van der Waals surface area contributed by atoms with Crippen LogP contribution in [-0.2, 0) is 0 Å². The van der Waals surface area contributed by atoms with Gasteiger partial charge in [0.1, 0.15) is 0 Å². The molecule has 1 unspecified atom stereocenters. The van der Waals surface area contributed by atoms with Gasteiger partial charge in [0.15, 0.2) is 0 Å². The minimum atomic E-state index is -0.432. The lowest BCUT2D eigenvalue weighted by atomic mass is 10.00. The fourth-order valence-electron chi connectivity index (χ4n) is 2.50. The van der Waals surface area contributed by atoms with Crippen LogP contribution in [0.25, 0.3) is 10.8 Å². The van der Waals surface area contributed by atoms with E-state index in [1.165, 1.54) is 11.8 Å². The van der Waals surface area contributed by atoms with Crippen molar-refractivity contribution in [1.82, 2.24) is 4.90 Å². The summed E-state index contributed by atoms with van der Waals surface area (Å²) < 4.78 is 0. The zero-order valence-corrected chi connectivity index (χ0v) is 12.7. The molecule has 0 fully saturated rings. The Bertz CT molecular complexity index is 545. The van der Waals surface area contributed by atoms with E-state index in [2.05, 4.69) is 44.0 Å². The first-order chi connectivity index (χ1) is 9.58. The van der Waals surface area contributed by atoms with Crippen LogP contribution in [0.2, 0.25) is 0 Å². The average Bonchev–Trinajstić information content (AvgIpc) is 2.44. The van der Waals surface area contributed by atoms with Crippen LogP contribution in [0.15, 0.2) is 42.5 Å². The summed E-state index contributed by atoms with van der Waals surface area (Å²) in [7, 11) is 2.08. The quantitative estimate of drug-likeness (QED) is 0.862. The highest BCUT2D eigenvalue weighted by atomic mass is 16.3. The number of benzene rings is 2. The van der Waals surface area contributed by atoms with Crippen molar-refractivity contribution >= 4 is 10.8 Å². The molecule has 0 spiro atoms. The molecule has 1 N–H and O–H groups in total. The average molecular weight is 271 g/mol. The van der Waals surface area contributed by atoms with Crippen molar-refractivity contribution in [3.63, 3.8) is 0 Å². The normalized spacial score (nSPS) is 13.3. The van der Waals surface area contributed by atoms with Gasteiger partial charge in [-0.1, -0.05) is 56.3 Å². The Hall–Kier alpha value is -1.38. The monoisotopic (exact) mass is 271 g/mol. The van der Waals surface area contributed by atoms with E-state index in [-0.39, 0.29) is 0 Å². The van der Waals surface area contributed by atoms with Gasteiger partial charge in [-0.15, -0.1) is 0 Å². The molecule has 1 atom stereocenters. The summed E-state index contributed by atoms with van der Waals surface area (Å²) in [6.45, 7) is 6.17. The van der Waals surface area contributed by atoms with Gasteiger partial charge in [0, 0.05) is 6.54 Å². The lowest BCUT2D eigenvalue weighted by Crippen LogP contribution is -2.26. The standard InChI is InChI=1S/C18H25NO/c1-14(2)11-12-19(3)13-18(20)17-10-6-8-15-7-4-5-9-16(15)17/h4-10,14,18,20H,11-13H2,1-3H3. The molecule has 2 aromatic carbocycles. The molecule has 2 nitrogen and oxygen atoms in total. The number of likely N-dealkylation sites (N-methyl/N-ethyl adjacent to an activating group) is 1. The molecule has 0 radical (unpaired) electrons. The number of rotatable bonds is 6. The van der Waals surface area contributed by atoms with Crippen molar-refractivity contribution in [2.75, 3.05) is 20.1 Å². The maximum absolute atomic E-state index is 10.5. The van der Waals surface area contributed by atoms with Gasteiger partial charge in [0.05, 0.1) is 6.10 Å². The van der Waals surface area contributed by atoms with E-state index in [9.17, 15) is 5.11 Å². The molecular weight excluding hydrogens is 246 g/mol. The van der Waals surface area contributed by atoms with Gasteiger partial charge in [-0.25, -0.2) is 0 Å². The predicted molar refractivity (Wildman–Crippen MR) is 85.9 cm³/mol. The number of fused-ring (bicyclic) bond motifs is 1. The third kappa shape index (κ3) is 3.81. The van der Waals surface area contributed by atoms with Crippen molar-refractivity contribution < 1.29 is 5.11 Å². The molecule has 0 aliphatic rings. The van der Waals surface area contributed by atoms with E-state index < -0.39 is 6.10 Å². The Morgan fingerprint density at radius 3 is 2.50 bits per heavy atom. The fraction of sp³-hybridized carbons (Fsp3) is 0.444. The SMILES string of the molecule is CC(C)CCN(C)CC(O)c1cccc2ccccc12. The van der Waals surface area contributed by atoms with Crippen molar-refractivity contribution in [1.29, 1.82) is 0 Å². The lowest BCUT2D eigenvalue weighted by Gasteiger charge is -2.22. The van der Waals surface area contributed by atoms with Gasteiger partial charge >= 0.3 is 0 Å². The molecule has 2 rings (SSSR count). The summed E-state index contributed by atoms with van der Waals surface area (Å²) in [5.74, 6) is 0.701. The van der Waals surface area contributed by atoms with Gasteiger partial charge in [-0.2, -0.15) is 0 Å². The molecular formula is C18H25NO. The summed E-state index contributed by atoms with van der Waals surface area (Å²) in [6.07, 6.45) is 0.733. The fourth-order valence-corrected chi connectivity index (χ4v) is 2.50. The lowest BCUT2D eigenvalue weighted by molar-refractivity contribution is 0.125. The smallest absolute Gasteiger partial charge is 0.0922 e. The Balaban J connectivity index is 2.09. The molecule has 108 valence electrons. The zero-order chi connectivity index (χ0) is 14.5. The van der Waals surface area contributed by atoms with Crippen LogP contribution in [0.1, 0.15) is 31.9 Å². The molecule has 20 heavy (non-hydrogen) atoms. The van der Waals surface area contributed by atoms with Crippen molar-refractivity contribution in [2.24, 2.45) is 5.92 Å². The van der Waals surface area contributed by atoms with E-state index in [1.807, 2.05) is 24.3 Å². The minimum absolute atomic E-state index is 0.432. The Kier molecular flexibility index (Phi) is 5.16. The highest BCUT2D eigenvalue weighted by Crippen LogP contribution is 2.24. The summed E-state index contributed by atoms with van der Waals surface area (Å²) in [5, 5.41) is 12.9. The Morgan fingerprint density at radius 1 is 1.05 bits per heavy atom. The predicted octanol–water partition coefficient (Wildman–Crippen LogP) is 3.85. The number of hydrogen-bond donors (Lipinski definition) is 1. The maximum Gasteiger partial charge on any atom is 0.0922 e. The molecule has 0 saturated carbocycles. The van der Waals surface area contributed by atoms with Crippen LogP contribution in [0.3, 0.4) is 0 Å². The molecule has 0 aliphatic carbocycles. The third-order valence-electron chi connectivity index (χ3n) is 3.76. The third-order valence-corrected chi connectivity index (χ3v) is 3.76. The second-order valence-electron chi connectivity index (χ2n) is 6.03. The molecule has 2 heteroatoms. The number of aliphatic hydroxyl groups excluding tert-OH is 1. The van der Waals surface area contributed by atoms with Crippen LogP contribution < -0.4 is 0 Å². The number of hydrogen-bond acceptors (Lipinski definition) is 2. The van der Waals surface area contributed by atoms with E-state index in [4.69, 9.17) is 0 Å². The summed E-state index contributed by atoms with van der Waals surface area (Å²) in [5.41, 5.74) is 1.03. The molecule has 0 amide bonds. The first-order valence-electron chi connectivity index (χ1n) is 7.42. The van der Waals surface area contributed by atoms with Gasteiger partial charge in [0.25, 0.3) is 0 Å².